The molecule has 1 aromatic carbocycles. The number of carbonyl (C=O) groups excluding carboxylic acids is 1. The Bertz CT molecular complexity index is 735. The lowest BCUT2D eigenvalue weighted by Gasteiger charge is -2.13. The van der Waals surface area contributed by atoms with Crippen LogP contribution < -0.4 is 4.74 Å². The molecule has 0 aliphatic rings. The SMILES string of the molecule is CN(Cc1ccon1)C(=O)c1ccc(Oc2ccccc2)o1. The Hall–Kier alpha value is -3.02. The normalized spacial score (nSPS) is 10.4. The molecule has 0 saturated carbocycles. The Kier molecular flexibility index (Phi) is 3.91. The lowest BCUT2D eigenvalue weighted by molar-refractivity contribution is 0.0745. The van der Waals surface area contributed by atoms with E-state index in [1.807, 2.05) is 18.2 Å². The average Bonchev–Trinajstić information content (AvgIpc) is 3.19. The van der Waals surface area contributed by atoms with Crippen molar-refractivity contribution >= 4 is 5.91 Å². The van der Waals surface area contributed by atoms with Gasteiger partial charge in [0.25, 0.3) is 11.9 Å². The van der Waals surface area contributed by atoms with Gasteiger partial charge < -0.3 is 18.6 Å². The average molecular weight is 298 g/mol. The van der Waals surface area contributed by atoms with E-state index in [1.54, 1.807) is 37.4 Å². The second-order valence-electron chi connectivity index (χ2n) is 4.69. The Morgan fingerprint density at radius 3 is 2.73 bits per heavy atom. The van der Waals surface area contributed by atoms with Crippen molar-refractivity contribution in [2.24, 2.45) is 0 Å². The van der Waals surface area contributed by atoms with Gasteiger partial charge in [-0.15, -0.1) is 0 Å². The fourth-order valence-electron chi connectivity index (χ4n) is 1.92. The van der Waals surface area contributed by atoms with Crippen molar-refractivity contribution in [1.82, 2.24) is 10.1 Å². The summed E-state index contributed by atoms with van der Waals surface area (Å²) >= 11 is 0. The van der Waals surface area contributed by atoms with Gasteiger partial charge in [-0.05, 0) is 18.2 Å². The molecule has 3 rings (SSSR count). The van der Waals surface area contributed by atoms with Crippen LogP contribution in [0.2, 0.25) is 0 Å². The summed E-state index contributed by atoms with van der Waals surface area (Å²) in [6.07, 6.45) is 1.46. The van der Waals surface area contributed by atoms with Gasteiger partial charge in [-0.2, -0.15) is 0 Å². The van der Waals surface area contributed by atoms with Crippen LogP contribution >= 0.6 is 0 Å². The third-order valence-electron chi connectivity index (χ3n) is 2.99. The second kappa shape index (κ2) is 6.17. The molecular formula is C16H14N2O4. The van der Waals surface area contributed by atoms with Crippen LogP contribution in [0.25, 0.3) is 0 Å². The zero-order valence-corrected chi connectivity index (χ0v) is 11.9. The van der Waals surface area contributed by atoms with E-state index in [2.05, 4.69) is 5.16 Å². The summed E-state index contributed by atoms with van der Waals surface area (Å²) in [5.41, 5.74) is 0.670. The Morgan fingerprint density at radius 1 is 1.18 bits per heavy atom. The fourth-order valence-corrected chi connectivity index (χ4v) is 1.92. The maximum Gasteiger partial charge on any atom is 0.290 e. The van der Waals surface area contributed by atoms with Gasteiger partial charge in [0.15, 0.2) is 5.76 Å². The topological polar surface area (TPSA) is 68.7 Å². The molecule has 0 aliphatic heterocycles. The molecule has 0 spiro atoms. The molecule has 0 bridgehead atoms. The number of benzene rings is 1. The molecule has 0 radical (unpaired) electrons. The maximum absolute atomic E-state index is 12.3. The number of hydrogen-bond acceptors (Lipinski definition) is 5. The van der Waals surface area contributed by atoms with Crippen LogP contribution in [0.1, 0.15) is 16.2 Å². The minimum Gasteiger partial charge on any atom is -0.426 e. The molecule has 0 N–H and O–H groups in total. The molecule has 1 amide bonds. The smallest absolute Gasteiger partial charge is 0.290 e. The standard InChI is InChI=1S/C16H14N2O4/c1-18(11-12-9-10-20-17-12)16(19)14-7-8-15(22-14)21-13-5-3-2-4-6-13/h2-10H,11H2,1H3. The Labute approximate surface area is 126 Å². The van der Waals surface area contributed by atoms with Crippen molar-refractivity contribution in [3.05, 3.63) is 66.2 Å². The van der Waals surface area contributed by atoms with Crippen LogP contribution in [0.15, 0.2) is 63.7 Å². The monoisotopic (exact) mass is 298 g/mol. The molecule has 6 heteroatoms. The lowest BCUT2D eigenvalue weighted by atomic mass is 10.3. The van der Waals surface area contributed by atoms with Crippen molar-refractivity contribution in [2.75, 3.05) is 7.05 Å². The highest BCUT2D eigenvalue weighted by Gasteiger charge is 2.17. The number of carbonyl (C=O) groups is 1. The third-order valence-corrected chi connectivity index (χ3v) is 2.99. The third kappa shape index (κ3) is 3.17. The van der Waals surface area contributed by atoms with Crippen molar-refractivity contribution in [3.8, 4) is 11.7 Å². The van der Waals surface area contributed by atoms with Crippen LogP contribution in [0.5, 0.6) is 11.7 Å². The van der Waals surface area contributed by atoms with Crippen LogP contribution in [-0.2, 0) is 6.54 Å². The first kappa shape index (κ1) is 13.9. The fraction of sp³-hybridized carbons (Fsp3) is 0.125. The largest absolute Gasteiger partial charge is 0.426 e. The van der Waals surface area contributed by atoms with Crippen LogP contribution in [0, 0.1) is 0 Å². The van der Waals surface area contributed by atoms with E-state index >= 15 is 0 Å². The van der Waals surface area contributed by atoms with Crippen molar-refractivity contribution in [1.29, 1.82) is 0 Å². The number of ether oxygens (including phenoxy) is 1. The van der Waals surface area contributed by atoms with E-state index < -0.39 is 0 Å². The number of rotatable bonds is 5. The molecule has 2 aromatic heterocycles. The van der Waals surface area contributed by atoms with Gasteiger partial charge in [-0.3, -0.25) is 4.79 Å². The summed E-state index contributed by atoms with van der Waals surface area (Å²) in [7, 11) is 1.66. The number of nitrogens with zero attached hydrogens (tertiary/aromatic N) is 2. The minimum atomic E-state index is -0.258. The first-order valence-corrected chi connectivity index (χ1v) is 6.70. The highest BCUT2D eigenvalue weighted by atomic mass is 16.6. The van der Waals surface area contributed by atoms with Crippen molar-refractivity contribution in [3.63, 3.8) is 0 Å². The summed E-state index contributed by atoms with van der Waals surface area (Å²) in [6.45, 7) is 0.338. The molecule has 0 saturated heterocycles. The highest BCUT2D eigenvalue weighted by Crippen LogP contribution is 2.24. The zero-order valence-electron chi connectivity index (χ0n) is 11.9. The number of aromatic nitrogens is 1. The number of furan rings is 1. The maximum atomic E-state index is 12.3. The van der Waals surface area contributed by atoms with Gasteiger partial charge in [-0.1, -0.05) is 23.4 Å². The van der Waals surface area contributed by atoms with Gasteiger partial charge in [0, 0.05) is 19.2 Å². The number of hydrogen-bond donors (Lipinski definition) is 0. The highest BCUT2D eigenvalue weighted by molar-refractivity contribution is 5.91. The second-order valence-corrected chi connectivity index (χ2v) is 4.69. The minimum absolute atomic E-state index is 0.205. The number of amides is 1. The molecular weight excluding hydrogens is 284 g/mol. The van der Waals surface area contributed by atoms with E-state index in [4.69, 9.17) is 13.7 Å². The molecule has 0 fully saturated rings. The molecule has 3 aromatic rings. The molecule has 0 atom stereocenters. The van der Waals surface area contributed by atoms with Crippen LogP contribution in [0.3, 0.4) is 0 Å². The lowest BCUT2D eigenvalue weighted by Crippen LogP contribution is -2.25. The van der Waals surface area contributed by atoms with Gasteiger partial charge in [0.1, 0.15) is 17.7 Å². The van der Waals surface area contributed by atoms with Gasteiger partial charge in [-0.25, -0.2) is 0 Å². The van der Waals surface area contributed by atoms with Gasteiger partial charge >= 0.3 is 0 Å². The van der Waals surface area contributed by atoms with E-state index in [0.717, 1.165) is 0 Å². The quantitative estimate of drug-likeness (QED) is 0.722. The molecule has 0 unspecified atom stereocenters. The van der Waals surface area contributed by atoms with E-state index in [1.165, 1.54) is 11.2 Å². The van der Waals surface area contributed by atoms with Crippen LogP contribution in [0.4, 0.5) is 0 Å². The van der Waals surface area contributed by atoms with E-state index in [9.17, 15) is 4.79 Å². The summed E-state index contributed by atoms with van der Waals surface area (Å²) < 4.78 is 15.7. The molecule has 112 valence electrons. The predicted octanol–water partition coefficient (Wildman–Crippen LogP) is 3.33. The zero-order chi connectivity index (χ0) is 15.4. The van der Waals surface area contributed by atoms with Crippen molar-refractivity contribution in [2.45, 2.75) is 6.54 Å². The molecule has 22 heavy (non-hydrogen) atoms. The van der Waals surface area contributed by atoms with Gasteiger partial charge in [0.2, 0.25) is 0 Å². The summed E-state index contributed by atoms with van der Waals surface area (Å²) in [6, 6.07) is 14.1. The van der Waals surface area contributed by atoms with Gasteiger partial charge in [0.05, 0.1) is 6.54 Å². The molecule has 2 heterocycles. The predicted molar refractivity (Wildman–Crippen MR) is 77.5 cm³/mol. The van der Waals surface area contributed by atoms with Crippen LogP contribution in [-0.4, -0.2) is 23.0 Å². The number of para-hydroxylation sites is 1. The first-order valence-electron chi connectivity index (χ1n) is 6.70. The Morgan fingerprint density at radius 2 is 2.00 bits per heavy atom. The molecule has 0 aliphatic carbocycles. The Balaban J connectivity index is 1.66. The van der Waals surface area contributed by atoms with Crippen molar-refractivity contribution < 1.29 is 18.5 Å². The van der Waals surface area contributed by atoms with E-state index in [0.29, 0.717) is 18.0 Å². The van der Waals surface area contributed by atoms with E-state index in [-0.39, 0.29) is 17.6 Å². The first-order chi connectivity index (χ1) is 10.7. The summed E-state index contributed by atoms with van der Waals surface area (Å²) in [5.74, 6) is 0.860. The summed E-state index contributed by atoms with van der Waals surface area (Å²) in [5, 5.41) is 3.77. The molecule has 6 nitrogen and oxygen atoms in total. The summed E-state index contributed by atoms with van der Waals surface area (Å²) in [4.78, 5) is 13.7.